The average Bonchev–Trinajstić information content (AvgIpc) is 3.17. The number of carbonyl (C=O) groups excluding carboxylic acids is 1. The molecule has 0 saturated heterocycles. The van der Waals surface area contributed by atoms with Crippen LogP contribution in [0, 0.1) is 5.82 Å². The fourth-order valence-electron chi connectivity index (χ4n) is 2.58. The van der Waals surface area contributed by atoms with Crippen molar-refractivity contribution in [2.45, 2.75) is 19.8 Å². The fraction of sp³-hybridized carbons (Fsp3) is 0.190. The summed E-state index contributed by atoms with van der Waals surface area (Å²) in [6.45, 7) is 1.98. The molecular formula is C21H20FN3O2S. The van der Waals surface area contributed by atoms with Crippen LogP contribution in [-0.4, -0.2) is 23.7 Å². The molecule has 0 spiro atoms. The Morgan fingerprint density at radius 3 is 2.54 bits per heavy atom. The maximum absolute atomic E-state index is 13.0. The molecule has 144 valence electrons. The highest BCUT2D eigenvalue weighted by molar-refractivity contribution is 7.13. The van der Waals surface area contributed by atoms with Crippen LogP contribution in [0.4, 0.5) is 4.39 Å². The molecule has 0 aliphatic heterocycles. The van der Waals surface area contributed by atoms with Gasteiger partial charge in [-0.05, 0) is 60.5 Å². The van der Waals surface area contributed by atoms with Gasteiger partial charge in [0, 0.05) is 10.9 Å². The highest BCUT2D eigenvalue weighted by Crippen LogP contribution is 2.24. The number of hydrogen-bond donors (Lipinski definition) is 1. The fourth-order valence-corrected chi connectivity index (χ4v) is 3.40. The lowest BCUT2D eigenvalue weighted by molar-refractivity contribution is -0.120. The summed E-state index contributed by atoms with van der Waals surface area (Å²) in [6, 6.07) is 13.6. The van der Waals surface area contributed by atoms with E-state index < -0.39 is 0 Å². The first kappa shape index (κ1) is 19.7. The third-order valence-electron chi connectivity index (χ3n) is 4.06. The Kier molecular flexibility index (Phi) is 6.49. The molecule has 0 atom stereocenters. The van der Waals surface area contributed by atoms with Gasteiger partial charge >= 0.3 is 0 Å². The van der Waals surface area contributed by atoms with E-state index in [1.165, 1.54) is 23.5 Å². The predicted molar refractivity (Wildman–Crippen MR) is 109 cm³/mol. The molecule has 1 aromatic heterocycles. The van der Waals surface area contributed by atoms with E-state index in [1.807, 2.05) is 36.6 Å². The van der Waals surface area contributed by atoms with Gasteiger partial charge in [-0.2, -0.15) is 5.10 Å². The van der Waals surface area contributed by atoms with Crippen molar-refractivity contribution < 1.29 is 13.9 Å². The third-order valence-corrected chi connectivity index (χ3v) is 5.00. The number of hydrogen-bond acceptors (Lipinski definition) is 5. The molecule has 7 heteroatoms. The highest BCUT2D eigenvalue weighted by Gasteiger charge is 2.10. The Balaban J connectivity index is 1.63. The molecule has 3 rings (SSSR count). The molecule has 1 heterocycles. The van der Waals surface area contributed by atoms with Crippen LogP contribution in [0.15, 0.2) is 59.0 Å². The number of nitrogens with one attached hydrogen (secondary N) is 1. The van der Waals surface area contributed by atoms with Crippen LogP contribution >= 0.6 is 11.3 Å². The number of halogens is 1. The van der Waals surface area contributed by atoms with Crippen LogP contribution in [0.3, 0.4) is 0 Å². The topological polar surface area (TPSA) is 63.6 Å². The Labute approximate surface area is 166 Å². The zero-order valence-corrected chi connectivity index (χ0v) is 16.4. The molecular weight excluding hydrogens is 377 g/mol. The van der Waals surface area contributed by atoms with E-state index in [0.717, 1.165) is 27.6 Å². The van der Waals surface area contributed by atoms with Gasteiger partial charge in [-0.3, -0.25) is 4.79 Å². The lowest BCUT2D eigenvalue weighted by Gasteiger charge is -2.06. The van der Waals surface area contributed by atoms with E-state index in [2.05, 4.69) is 15.5 Å². The molecule has 0 saturated carbocycles. The van der Waals surface area contributed by atoms with Crippen molar-refractivity contribution in [3.8, 4) is 16.3 Å². The molecule has 28 heavy (non-hydrogen) atoms. The summed E-state index contributed by atoms with van der Waals surface area (Å²) >= 11 is 1.42. The van der Waals surface area contributed by atoms with Crippen molar-refractivity contribution >= 4 is 23.0 Å². The molecule has 0 bridgehead atoms. The number of ether oxygens (including phenoxy) is 1. The zero-order chi connectivity index (χ0) is 19.9. The first-order chi connectivity index (χ1) is 13.6. The van der Waals surface area contributed by atoms with E-state index in [4.69, 9.17) is 4.74 Å². The van der Waals surface area contributed by atoms with Gasteiger partial charge in [0.1, 0.15) is 16.6 Å². The number of amides is 1. The Bertz CT molecular complexity index is 966. The average molecular weight is 397 g/mol. The second-order valence-electron chi connectivity index (χ2n) is 6.00. The van der Waals surface area contributed by atoms with E-state index in [0.29, 0.717) is 12.1 Å². The number of hydrazone groups is 1. The molecule has 1 N–H and O–H groups in total. The van der Waals surface area contributed by atoms with Crippen molar-refractivity contribution in [1.29, 1.82) is 0 Å². The normalized spacial score (nSPS) is 11.3. The van der Waals surface area contributed by atoms with Crippen molar-refractivity contribution in [2.24, 2.45) is 5.10 Å². The molecule has 0 radical (unpaired) electrons. The number of aromatic nitrogens is 1. The van der Waals surface area contributed by atoms with Crippen LogP contribution in [-0.2, 0) is 11.2 Å². The van der Waals surface area contributed by atoms with Crippen molar-refractivity contribution in [1.82, 2.24) is 10.4 Å². The van der Waals surface area contributed by atoms with Crippen LogP contribution in [0.2, 0.25) is 0 Å². The SMILES string of the molecule is CC/C(=N/NC(=O)Cc1csc(-c2ccc(F)cc2)n1)c1ccc(OC)cc1. The lowest BCUT2D eigenvalue weighted by Crippen LogP contribution is -2.22. The van der Waals surface area contributed by atoms with E-state index in [9.17, 15) is 9.18 Å². The highest BCUT2D eigenvalue weighted by atomic mass is 32.1. The van der Waals surface area contributed by atoms with Gasteiger partial charge in [0.2, 0.25) is 5.91 Å². The van der Waals surface area contributed by atoms with Gasteiger partial charge in [0.25, 0.3) is 0 Å². The summed E-state index contributed by atoms with van der Waals surface area (Å²) in [5.74, 6) is 0.237. The van der Waals surface area contributed by atoms with E-state index in [-0.39, 0.29) is 18.1 Å². The molecule has 0 aliphatic rings. The summed E-state index contributed by atoms with van der Waals surface area (Å²) in [4.78, 5) is 16.7. The molecule has 0 unspecified atom stereocenters. The smallest absolute Gasteiger partial charge is 0.246 e. The van der Waals surface area contributed by atoms with E-state index >= 15 is 0 Å². The maximum atomic E-state index is 13.0. The minimum Gasteiger partial charge on any atom is -0.497 e. The molecule has 3 aromatic rings. The van der Waals surface area contributed by atoms with Crippen molar-refractivity contribution in [2.75, 3.05) is 7.11 Å². The van der Waals surface area contributed by atoms with Gasteiger partial charge in [-0.1, -0.05) is 6.92 Å². The summed E-state index contributed by atoms with van der Waals surface area (Å²) in [7, 11) is 1.62. The van der Waals surface area contributed by atoms with Crippen LogP contribution in [0.1, 0.15) is 24.6 Å². The number of thiazole rings is 1. The quantitative estimate of drug-likeness (QED) is 0.474. The Morgan fingerprint density at radius 2 is 1.89 bits per heavy atom. The Morgan fingerprint density at radius 1 is 1.18 bits per heavy atom. The minimum absolute atomic E-state index is 0.126. The van der Waals surface area contributed by atoms with Gasteiger partial charge in [0.05, 0.1) is 24.9 Å². The van der Waals surface area contributed by atoms with Crippen molar-refractivity contribution in [3.05, 3.63) is 71.0 Å². The van der Waals surface area contributed by atoms with Crippen LogP contribution < -0.4 is 10.2 Å². The Hall–Kier alpha value is -3.06. The predicted octanol–water partition coefficient (Wildman–Crippen LogP) is 4.43. The molecule has 2 aromatic carbocycles. The number of carbonyl (C=O) groups is 1. The summed E-state index contributed by atoms with van der Waals surface area (Å²) in [5, 5.41) is 6.82. The number of benzene rings is 2. The minimum atomic E-state index is -0.290. The van der Waals surface area contributed by atoms with Gasteiger partial charge in [0.15, 0.2) is 0 Å². The van der Waals surface area contributed by atoms with Gasteiger partial charge in [-0.15, -0.1) is 11.3 Å². The van der Waals surface area contributed by atoms with Gasteiger partial charge < -0.3 is 4.74 Å². The monoisotopic (exact) mass is 397 g/mol. The van der Waals surface area contributed by atoms with Crippen LogP contribution in [0.5, 0.6) is 5.75 Å². The van der Waals surface area contributed by atoms with E-state index in [1.54, 1.807) is 19.2 Å². The zero-order valence-electron chi connectivity index (χ0n) is 15.6. The molecule has 1 amide bonds. The number of nitrogens with zero attached hydrogens (tertiary/aromatic N) is 2. The molecule has 5 nitrogen and oxygen atoms in total. The second kappa shape index (κ2) is 9.23. The summed E-state index contributed by atoms with van der Waals surface area (Å²) < 4.78 is 18.2. The lowest BCUT2D eigenvalue weighted by atomic mass is 10.1. The largest absolute Gasteiger partial charge is 0.497 e. The molecule has 0 fully saturated rings. The second-order valence-corrected chi connectivity index (χ2v) is 6.86. The third kappa shape index (κ3) is 5.01. The molecule has 0 aliphatic carbocycles. The summed E-state index contributed by atoms with van der Waals surface area (Å²) in [5.41, 5.74) is 5.78. The standard InChI is InChI=1S/C21H20FN3O2S/c1-3-19(14-6-10-18(27-2)11-7-14)24-25-20(26)12-17-13-28-21(23-17)15-4-8-16(22)9-5-15/h4-11,13H,3,12H2,1-2H3,(H,25,26)/b24-19-. The van der Waals surface area contributed by atoms with Gasteiger partial charge in [-0.25, -0.2) is 14.8 Å². The number of methoxy groups -OCH3 is 1. The summed E-state index contributed by atoms with van der Waals surface area (Å²) in [6.07, 6.45) is 0.804. The van der Waals surface area contributed by atoms with Crippen LogP contribution in [0.25, 0.3) is 10.6 Å². The first-order valence-corrected chi connectivity index (χ1v) is 9.67. The number of rotatable bonds is 7. The van der Waals surface area contributed by atoms with Crippen molar-refractivity contribution in [3.63, 3.8) is 0 Å². The first-order valence-electron chi connectivity index (χ1n) is 8.79. The maximum Gasteiger partial charge on any atom is 0.246 e.